The minimum absolute atomic E-state index is 0.341. The topological polar surface area (TPSA) is 52.7 Å². The van der Waals surface area contributed by atoms with Gasteiger partial charge in [0.15, 0.2) is 0 Å². The summed E-state index contributed by atoms with van der Waals surface area (Å²) in [7, 11) is 1.68. The maximum Gasteiger partial charge on any atom is 0.416 e. The van der Waals surface area contributed by atoms with E-state index < -0.39 is 11.7 Å². The van der Waals surface area contributed by atoms with Gasteiger partial charge >= 0.3 is 6.18 Å². The number of nitrogens with zero attached hydrogens (tertiary/aromatic N) is 4. The SMILES string of the molecule is Cn1c(-c2ccc3nccnc3c2)cc(=O)n1-c1ccc(C(F)(F)F)cc1. The van der Waals surface area contributed by atoms with Crippen molar-refractivity contribution in [2.75, 3.05) is 0 Å². The van der Waals surface area contributed by atoms with Crippen LogP contribution in [0.4, 0.5) is 13.2 Å². The number of halogens is 3. The molecule has 0 amide bonds. The molecule has 5 nitrogen and oxygen atoms in total. The van der Waals surface area contributed by atoms with Crippen LogP contribution < -0.4 is 5.56 Å². The largest absolute Gasteiger partial charge is 0.416 e. The van der Waals surface area contributed by atoms with Crippen molar-refractivity contribution in [1.29, 1.82) is 0 Å². The Balaban J connectivity index is 1.80. The van der Waals surface area contributed by atoms with Crippen LogP contribution in [0.3, 0.4) is 0 Å². The fraction of sp³-hybridized carbons (Fsp3) is 0.105. The Kier molecular flexibility index (Phi) is 3.83. The molecule has 0 atom stereocenters. The molecule has 0 unspecified atom stereocenters. The van der Waals surface area contributed by atoms with E-state index in [9.17, 15) is 18.0 Å². The van der Waals surface area contributed by atoms with Gasteiger partial charge in [-0.25, -0.2) is 4.68 Å². The van der Waals surface area contributed by atoms with Crippen molar-refractivity contribution in [3.63, 3.8) is 0 Å². The molecule has 0 saturated carbocycles. The molecule has 0 aliphatic heterocycles. The van der Waals surface area contributed by atoms with Gasteiger partial charge in [-0.1, -0.05) is 6.07 Å². The number of benzene rings is 2. The van der Waals surface area contributed by atoms with Gasteiger partial charge in [0.2, 0.25) is 0 Å². The Hall–Kier alpha value is -3.42. The van der Waals surface area contributed by atoms with E-state index in [2.05, 4.69) is 9.97 Å². The molecule has 0 spiro atoms. The van der Waals surface area contributed by atoms with Crippen LogP contribution >= 0.6 is 0 Å². The molecule has 136 valence electrons. The number of fused-ring (bicyclic) bond motifs is 1. The lowest BCUT2D eigenvalue weighted by atomic mass is 10.1. The van der Waals surface area contributed by atoms with Gasteiger partial charge in [0.05, 0.1) is 28.0 Å². The molecule has 0 fully saturated rings. The molecule has 2 aromatic heterocycles. The highest BCUT2D eigenvalue weighted by molar-refractivity contribution is 5.80. The highest BCUT2D eigenvalue weighted by atomic mass is 19.4. The zero-order chi connectivity index (χ0) is 19.2. The number of hydrogen-bond donors (Lipinski definition) is 0. The molecule has 0 radical (unpaired) electrons. The van der Waals surface area contributed by atoms with Crippen molar-refractivity contribution in [3.8, 4) is 16.9 Å². The fourth-order valence-electron chi connectivity index (χ4n) is 3.01. The average molecular weight is 370 g/mol. The van der Waals surface area contributed by atoms with Gasteiger partial charge < -0.3 is 0 Å². The third-order valence-electron chi connectivity index (χ3n) is 4.32. The van der Waals surface area contributed by atoms with Crippen molar-refractivity contribution in [3.05, 3.63) is 76.8 Å². The predicted octanol–water partition coefficient (Wildman–Crippen LogP) is 3.81. The zero-order valence-corrected chi connectivity index (χ0v) is 14.1. The first-order chi connectivity index (χ1) is 12.8. The van der Waals surface area contributed by atoms with Crippen molar-refractivity contribution >= 4 is 11.0 Å². The molecule has 0 bridgehead atoms. The summed E-state index contributed by atoms with van der Waals surface area (Å²) in [5.74, 6) is 0. The lowest BCUT2D eigenvalue weighted by Crippen LogP contribution is -2.19. The zero-order valence-electron chi connectivity index (χ0n) is 14.1. The van der Waals surface area contributed by atoms with Crippen LogP contribution in [0.5, 0.6) is 0 Å². The average Bonchev–Trinajstić information content (AvgIpc) is 2.95. The third kappa shape index (κ3) is 2.99. The van der Waals surface area contributed by atoms with Crippen molar-refractivity contribution in [2.45, 2.75) is 6.18 Å². The smallest absolute Gasteiger partial charge is 0.280 e. The number of hydrogen-bond acceptors (Lipinski definition) is 3. The first kappa shape index (κ1) is 17.0. The quantitative estimate of drug-likeness (QED) is 0.539. The molecular weight excluding hydrogens is 357 g/mol. The van der Waals surface area contributed by atoms with Crippen LogP contribution in [0.15, 0.2) is 65.7 Å². The minimum atomic E-state index is -4.42. The molecule has 0 aliphatic carbocycles. The van der Waals surface area contributed by atoms with E-state index in [0.29, 0.717) is 16.9 Å². The van der Waals surface area contributed by atoms with E-state index in [1.165, 1.54) is 22.9 Å². The third-order valence-corrected chi connectivity index (χ3v) is 4.32. The van der Waals surface area contributed by atoms with Crippen LogP contribution in [0.2, 0.25) is 0 Å². The lowest BCUT2D eigenvalue weighted by Gasteiger charge is -2.12. The van der Waals surface area contributed by atoms with Crippen molar-refractivity contribution < 1.29 is 13.2 Å². The molecule has 4 aromatic rings. The van der Waals surface area contributed by atoms with Crippen LogP contribution in [0.25, 0.3) is 28.0 Å². The maximum absolute atomic E-state index is 12.7. The van der Waals surface area contributed by atoms with E-state index in [4.69, 9.17) is 0 Å². The second-order valence-electron chi connectivity index (χ2n) is 6.01. The molecule has 0 aliphatic rings. The normalized spacial score (nSPS) is 11.9. The summed E-state index contributed by atoms with van der Waals surface area (Å²) in [5.41, 5.74) is 2.04. The van der Waals surface area contributed by atoms with E-state index in [0.717, 1.165) is 23.2 Å². The highest BCUT2D eigenvalue weighted by Gasteiger charge is 2.30. The van der Waals surface area contributed by atoms with Gasteiger partial charge in [-0.3, -0.25) is 19.4 Å². The molecule has 0 N–H and O–H groups in total. The van der Waals surface area contributed by atoms with Crippen molar-refractivity contribution in [1.82, 2.24) is 19.3 Å². The Labute approximate surface area is 151 Å². The second-order valence-corrected chi connectivity index (χ2v) is 6.01. The Morgan fingerprint density at radius 3 is 2.22 bits per heavy atom. The van der Waals surface area contributed by atoms with E-state index in [-0.39, 0.29) is 5.56 Å². The summed E-state index contributed by atoms with van der Waals surface area (Å²) < 4.78 is 41.2. The lowest BCUT2D eigenvalue weighted by molar-refractivity contribution is -0.137. The summed E-state index contributed by atoms with van der Waals surface area (Å²) >= 11 is 0. The Bertz CT molecular complexity index is 1190. The second kappa shape index (κ2) is 6.08. The molecule has 0 saturated heterocycles. The van der Waals surface area contributed by atoms with E-state index >= 15 is 0 Å². The van der Waals surface area contributed by atoms with Gasteiger partial charge in [0.1, 0.15) is 0 Å². The Morgan fingerprint density at radius 2 is 1.56 bits per heavy atom. The first-order valence-corrected chi connectivity index (χ1v) is 8.02. The highest BCUT2D eigenvalue weighted by Crippen LogP contribution is 2.29. The monoisotopic (exact) mass is 370 g/mol. The van der Waals surface area contributed by atoms with E-state index in [1.54, 1.807) is 30.2 Å². The van der Waals surface area contributed by atoms with Gasteiger partial charge in [-0.05, 0) is 36.4 Å². The predicted molar refractivity (Wildman–Crippen MR) is 94.5 cm³/mol. The van der Waals surface area contributed by atoms with E-state index in [1.807, 2.05) is 12.1 Å². The number of alkyl halides is 3. The molecule has 2 heterocycles. The standard InChI is InChI=1S/C19H13F3N4O/c1-25-17(12-2-7-15-16(10-12)24-9-8-23-15)11-18(27)26(25)14-5-3-13(4-6-14)19(20,21)22/h2-11H,1H3. The van der Waals surface area contributed by atoms with Crippen LogP contribution in [0.1, 0.15) is 5.56 Å². The van der Waals surface area contributed by atoms with Crippen LogP contribution in [-0.4, -0.2) is 19.3 Å². The summed E-state index contributed by atoms with van der Waals surface area (Å²) in [4.78, 5) is 20.9. The van der Waals surface area contributed by atoms with Gasteiger partial charge in [-0.15, -0.1) is 0 Å². The fourth-order valence-corrected chi connectivity index (χ4v) is 3.01. The molecule has 27 heavy (non-hydrogen) atoms. The molecular formula is C19H13F3N4O. The van der Waals surface area contributed by atoms with Crippen LogP contribution in [-0.2, 0) is 13.2 Å². The van der Waals surface area contributed by atoms with Gasteiger partial charge in [0, 0.05) is 31.1 Å². The Morgan fingerprint density at radius 1 is 0.889 bits per heavy atom. The molecule has 2 aromatic carbocycles. The summed E-state index contributed by atoms with van der Waals surface area (Å²) in [5, 5.41) is 0. The number of rotatable bonds is 2. The summed E-state index contributed by atoms with van der Waals surface area (Å²) in [6.45, 7) is 0. The van der Waals surface area contributed by atoms with Crippen LogP contribution in [0, 0.1) is 0 Å². The summed E-state index contributed by atoms with van der Waals surface area (Å²) in [6.07, 6.45) is -1.24. The summed E-state index contributed by atoms with van der Waals surface area (Å²) in [6, 6.07) is 11.4. The van der Waals surface area contributed by atoms with Crippen molar-refractivity contribution in [2.24, 2.45) is 7.05 Å². The minimum Gasteiger partial charge on any atom is -0.280 e. The molecule has 4 rings (SSSR count). The van der Waals surface area contributed by atoms with Gasteiger partial charge in [0.25, 0.3) is 5.56 Å². The van der Waals surface area contributed by atoms with Gasteiger partial charge in [-0.2, -0.15) is 13.2 Å². The number of aromatic nitrogens is 4. The molecule has 8 heteroatoms. The maximum atomic E-state index is 12.7. The first-order valence-electron chi connectivity index (χ1n) is 8.02.